The van der Waals surface area contributed by atoms with Crippen molar-refractivity contribution in [3.8, 4) is 5.75 Å². The molecular formula is C21H18N4O4S. The number of carbonyl (C=O) groups is 1. The first-order valence-corrected chi connectivity index (χ1v) is 10.0. The van der Waals surface area contributed by atoms with Crippen molar-refractivity contribution in [1.82, 2.24) is 14.6 Å². The number of allylic oxidation sites excluding steroid dienone is 4. The lowest BCUT2D eigenvalue weighted by atomic mass is 10.0. The third-order valence-electron chi connectivity index (χ3n) is 4.22. The number of anilines is 1. The Labute approximate surface area is 175 Å². The van der Waals surface area contributed by atoms with Crippen LogP contribution in [0.3, 0.4) is 0 Å². The van der Waals surface area contributed by atoms with E-state index in [4.69, 9.17) is 15.2 Å². The molecule has 0 spiro atoms. The molecule has 2 heterocycles. The zero-order chi connectivity index (χ0) is 21.1. The highest BCUT2D eigenvalue weighted by molar-refractivity contribution is 7.16. The number of benzene rings is 1. The number of ketones is 1. The number of nitrogens with zero attached hydrogens (tertiary/aromatic N) is 3. The van der Waals surface area contributed by atoms with Gasteiger partial charge in [-0.3, -0.25) is 9.59 Å². The first-order valence-electron chi connectivity index (χ1n) is 9.20. The molecule has 0 atom stereocenters. The number of carbonyl (C=O) groups excluding carboxylic acids is 1. The fourth-order valence-corrected chi connectivity index (χ4v) is 3.63. The maximum Gasteiger partial charge on any atom is 0.283 e. The van der Waals surface area contributed by atoms with Gasteiger partial charge in [-0.2, -0.15) is 14.6 Å². The fourth-order valence-electron chi connectivity index (χ4n) is 2.83. The van der Waals surface area contributed by atoms with Crippen LogP contribution in [0.1, 0.15) is 17.5 Å². The number of rotatable bonds is 6. The van der Waals surface area contributed by atoms with Crippen LogP contribution in [0, 0.1) is 0 Å². The normalized spacial score (nSPS) is 14.9. The maximum absolute atomic E-state index is 12.5. The van der Waals surface area contributed by atoms with Gasteiger partial charge in [0, 0.05) is 0 Å². The van der Waals surface area contributed by atoms with Gasteiger partial charge in [0.25, 0.3) is 5.56 Å². The number of nitrogens with two attached hydrogens (primary N) is 1. The molecule has 9 heteroatoms. The third-order valence-corrected chi connectivity index (χ3v) is 5.10. The second-order valence-corrected chi connectivity index (χ2v) is 7.33. The molecule has 0 saturated heterocycles. The van der Waals surface area contributed by atoms with Gasteiger partial charge in [-0.1, -0.05) is 35.6 Å². The van der Waals surface area contributed by atoms with Gasteiger partial charge in [0.05, 0.1) is 12.2 Å². The summed E-state index contributed by atoms with van der Waals surface area (Å²) < 4.78 is 12.5. The number of nitrogen functional groups attached to an aromatic ring is 1. The number of ether oxygens (including phenoxy) is 2. The standard InChI is InChI=1S/C21H18N4O4S/c1-2-28-17-11-13(8-9-16(17)26)10-15-19(22)25-21(23-20(15)27)30-18(24-25)12-29-14-6-4-3-5-7-14/h3-11H,2,12,22H2,1H3. The van der Waals surface area contributed by atoms with E-state index in [1.807, 2.05) is 30.3 Å². The van der Waals surface area contributed by atoms with Crippen LogP contribution >= 0.6 is 11.3 Å². The molecule has 152 valence electrons. The van der Waals surface area contributed by atoms with E-state index < -0.39 is 5.56 Å². The minimum Gasteiger partial charge on any atom is -0.490 e. The van der Waals surface area contributed by atoms with Gasteiger partial charge in [-0.15, -0.1) is 0 Å². The molecule has 0 fully saturated rings. The lowest BCUT2D eigenvalue weighted by molar-refractivity contribution is -0.114. The zero-order valence-corrected chi connectivity index (χ0v) is 16.9. The summed E-state index contributed by atoms with van der Waals surface area (Å²) in [7, 11) is 0. The average molecular weight is 422 g/mol. The van der Waals surface area contributed by atoms with Gasteiger partial charge in [0.15, 0.2) is 10.8 Å². The topological polar surface area (TPSA) is 109 Å². The summed E-state index contributed by atoms with van der Waals surface area (Å²) >= 11 is 1.23. The fraction of sp³-hybridized carbons (Fsp3) is 0.143. The van der Waals surface area contributed by atoms with Gasteiger partial charge >= 0.3 is 0 Å². The molecule has 0 radical (unpaired) electrons. The number of hydrogen-bond acceptors (Lipinski definition) is 8. The quantitative estimate of drug-likeness (QED) is 0.650. The highest BCUT2D eigenvalue weighted by Crippen LogP contribution is 2.22. The largest absolute Gasteiger partial charge is 0.490 e. The van der Waals surface area contributed by atoms with Crippen LogP contribution in [0.4, 0.5) is 5.82 Å². The van der Waals surface area contributed by atoms with E-state index in [1.54, 1.807) is 25.2 Å². The third kappa shape index (κ3) is 4.01. The van der Waals surface area contributed by atoms with Gasteiger partial charge in [0.1, 0.15) is 18.2 Å². The maximum atomic E-state index is 12.5. The highest BCUT2D eigenvalue weighted by Gasteiger charge is 2.16. The molecule has 3 aromatic rings. The van der Waals surface area contributed by atoms with Crippen molar-refractivity contribution in [3.05, 3.63) is 80.8 Å². The Bertz CT molecular complexity index is 1260. The van der Waals surface area contributed by atoms with Crippen LogP contribution in [0.15, 0.2) is 64.7 Å². The van der Waals surface area contributed by atoms with Crippen molar-refractivity contribution in [1.29, 1.82) is 0 Å². The molecule has 1 aliphatic carbocycles. The number of para-hydroxylation sites is 1. The van der Waals surface area contributed by atoms with E-state index in [1.165, 1.54) is 21.9 Å². The Morgan fingerprint density at radius 1 is 1.17 bits per heavy atom. The second-order valence-electron chi connectivity index (χ2n) is 6.29. The Kier molecular flexibility index (Phi) is 5.44. The lowest BCUT2D eigenvalue weighted by Gasteiger charge is -2.10. The van der Waals surface area contributed by atoms with Crippen molar-refractivity contribution in [3.63, 3.8) is 0 Å². The summed E-state index contributed by atoms with van der Waals surface area (Å²) in [6, 6.07) is 9.36. The molecule has 0 saturated carbocycles. The van der Waals surface area contributed by atoms with Crippen LogP contribution in [-0.2, 0) is 16.1 Å². The highest BCUT2D eigenvalue weighted by atomic mass is 32.1. The summed E-state index contributed by atoms with van der Waals surface area (Å²) in [6.45, 7) is 2.39. The summed E-state index contributed by atoms with van der Waals surface area (Å²) in [4.78, 5) is 28.8. The molecule has 2 N–H and O–H groups in total. The van der Waals surface area contributed by atoms with Crippen molar-refractivity contribution < 1.29 is 14.3 Å². The number of hydrogen-bond donors (Lipinski definition) is 1. The second kappa shape index (κ2) is 8.34. The smallest absolute Gasteiger partial charge is 0.283 e. The van der Waals surface area contributed by atoms with E-state index in [9.17, 15) is 9.59 Å². The first kappa shape index (κ1) is 19.6. The Balaban J connectivity index is 1.66. The molecule has 4 rings (SSSR count). The van der Waals surface area contributed by atoms with Crippen LogP contribution in [0.2, 0.25) is 0 Å². The zero-order valence-electron chi connectivity index (χ0n) is 16.1. The molecule has 2 aromatic heterocycles. The van der Waals surface area contributed by atoms with Gasteiger partial charge in [0.2, 0.25) is 10.7 Å². The first-order chi connectivity index (χ1) is 14.5. The number of aromatic nitrogens is 3. The van der Waals surface area contributed by atoms with Gasteiger partial charge < -0.3 is 15.2 Å². The predicted molar refractivity (Wildman–Crippen MR) is 114 cm³/mol. The van der Waals surface area contributed by atoms with E-state index in [0.717, 1.165) is 0 Å². The van der Waals surface area contributed by atoms with Crippen molar-refractivity contribution in [2.45, 2.75) is 13.5 Å². The molecule has 0 amide bonds. The number of fused-ring (bicyclic) bond motifs is 1. The SMILES string of the molecule is CCOC1=CC(=Cc2c(N)n3nc(COc4ccccc4)sc3nc2=O)C=CC1=O. The molecule has 0 unspecified atom stereocenters. The summed E-state index contributed by atoms with van der Waals surface area (Å²) in [5, 5.41) is 5.05. The average Bonchev–Trinajstić information content (AvgIpc) is 3.16. The minimum atomic E-state index is -0.476. The molecule has 1 aliphatic rings. The summed E-state index contributed by atoms with van der Waals surface area (Å²) in [6.07, 6.45) is 6.12. The van der Waals surface area contributed by atoms with E-state index in [-0.39, 0.29) is 29.5 Å². The molecule has 1 aromatic carbocycles. The monoisotopic (exact) mass is 422 g/mol. The Morgan fingerprint density at radius 2 is 1.97 bits per heavy atom. The van der Waals surface area contributed by atoms with Crippen molar-refractivity contribution in [2.75, 3.05) is 12.3 Å². The molecular weight excluding hydrogens is 404 g/mol. The van der Waals surface area contributed by atoms with Crippen molar-refractivity contribution in [2.24, 2.45) is 0 Å². The van der Waals surface area contributed by atoms with E-state index in [2.05, 4.69) is 10.1 Å². The van der Waals surface area contributed by atoms with Crippen LogP contribution in [-0.4, -0.2) is 27.0 Å². The summed E-state index contributed by atoms with van der Waals surface area (Å²) in [5.74, 6) is 0.868. The van der Waals surface area contributed by atoms with Gasteiger partial charge in [-0.25, -0.2) is 0 Å². The summed E-state index contributed by atoms with van der Waals surface area (Å²) in [5.41, 5.74) is 6.53. The predicted octanol–water partition coefficient (Wildman–Crippen LogP) is 2.75. The molecule has 0 aliphatic heterocycles. The Hall–Kier alpha value is -3.72. The molecule has 30 heavy (non-hydrogen) atoms. The van der Waals surface area contributed by atoms with Crippen LogP contribution in [0.25, 0.3) is 11.0 Å². The van der Waals surface area contributed by atoms with Gasteiger partial charge in [-0.05, 0) is 42.9 Å². The van der Waals surface area contributed by atoms with E-state index in [0.29, 0.717) is 27.9 Å². The van der Waals surface area contributed by atoms with E-state index >= 15 is 0 Å². The molecule has 8 nitrogen and oxygen atoms in total. The lowest BCUT2D eigenvalue weighted by Crippen LogP contribution is -2.17. The minimum absolute atomic E-state index is 0.163. The Morgan fingerprint density at radius 3 is 2.73 bits per heavy atom. The van der Waals surface area contributed by atoms with Crippen molar-refractivity contribution >= 4 is 34.0 Å². The van der Waals surface area contributed by atoms with Crippen LogP contribution < -0.4 is 16.0 Å². The van der Waals surface area contributed by atoms with Crippen LogP contribution in [0.5, 0.6) is 5.75 Å². The molecule has 0 bridgehead atoms.